The van der Waals surface area contributed by atoms with Crippen LogP contribution in [0.2, 0.25) is 0 Å². The summed E-state index contributed by atoms with van der Waals surface area (Å²) in [5.74, 6) is 4.44. The van der Waals surface area contributed by atoms with E-state index in [1.807, 2.05) is 5.43 Å². The quantitative estimate of drug-likeness (QED) is 0.332. The van der Waals surface area contributed by atoms with Gasteiger partial charge >= 0.3 is 5.69 Å². The van der Waals surface area contributed by atoms with Gasteiger partial charge in [0.2, 0.25) is 0 Å². The lowest BCUT2D eigenvalue weighted by Crippen LogP contribution is -2.36. The third-order valence-corrected chi connectivity index (χ3v) is 1.46. The van der Waals surface area contributed by atoms with Crippen molar-refractivity contribution in [2.75, 3.05) is 0 Å². The maximum atomic E-state index is 11.1. The summed E-state index contributed by atoms with van der Waals surface area (Å²) in [7, 11) is 0. The second-order valence-electron chi connectivity index (χ2n) is 2.61. The molecule has 0 aromatic carbocycles. The zero-order valence-electron chi connectivity index (χ0n) is 7.15. The number of hydrazine groups is 1. The van der Waals surface area contributed by atoms with Crippen molar-refractivity contribution in [1.82, 2.24) is 15.0 Å². The summed E-state index contributed by atoms with van der Waals surface area (Å²) < 4.78 is 1.19. The molecular formula is C7H10N4O2. The lowest BCUT2D eigenvalue weighted by molar-refractivity contribution is -0.121. The molecule has 0 aliphatic rings. The summed E-state index contributed by atoms with van der Waals surface area (Å²) in [6.45, 7) is 1.67. The molecule has 6 heteroatoms. The number of aromatic nitrogens is 2. The zero-order valence-corrected chi connectivity index (χ0v) is 7.15. The molecule has 3 N–H and O–H groups in total. The first-order valence-corrected chi connectivity index (χ1v) is 3.66. The Labute approximate surface area is 74.4 Å². The number of carbonyl (C=O) groups excluding carboxylic acids is 1. The molecule has 0 radical (unpaired) electrons. The highest BCUT2D eigenvalue weighted by atomic mass is 16.2. The summed E-state index contributed by atoms with van der Waals surface area (Å²) in [5.41, 5.74) is 2.28. The number of hydrogen-bond acceptors (Lipinski definition) is 4. The van der Waals surface area contributed by atoms with Crippen LogP contribution in [0.1, 0.15) is 5.56 Å². The molecule has 0 spiro atoms. The van der Waals surface area contributed by atoms with Crippen LogP contribution in [-0.2, 0) is 11.3 Å². The van der Waals surface area contributed by atoms with Crippen LogP contribution in [-0.4, -0.2) is 15.5 Å². The van der Waals surface area contributed by atoms with Gasteiger partial charge in [0.15, 0.2) is 0 Å². The number of nitrogens with two attached hydrogens (primary N) is 1. The fourth-order valence-electron chi connectivity index (χ4n) is 0.879. The molecule has 6 nitrogen and oxygen atoms in total. The molecule has 1 heterocycles. The Morgan fingerprint density at radius 2 is 2.46 bits per heavy atom. The van der Waals surface area contributed by atoms with Gasteiger partial charge in [0.25, 0.3) is 5.91 Å². The standard InChI is InChI=1S/C7H10N4O2/c1-5-2-9-7(13)11(3-5)4-6(12)10-8/h2-3H,4,8H2,1H3,(H,10,12). The number of hydrogen-bond donors (Lipinski definition) is 2. The molecule has 0 unspecified atom stereocenters. The minimum Gasteiger partial charge on any atom is -0.293 e. The fourth-order valence-corrected chi connectivity index (χ4v) is 0.879. The summed E-state index contributed by atoms with van der Waals surface area (Å²) in [6, 6.07) is 0. The Bertz CT molecular complexity index is 371. The van der Waals surface area contributed by atoms with Gasteiger partial charge in [0, 0.05) is 12.4 Å². The summed E-state index contributed by atoms with van der Waals surface area (Å²) in [6.07, 6.45) is 2.99. The monoisotopic (exact) mass is 182 g/mol. The first kappa shape index (κ1) is 9.40. The molecule has 0 bridgehead atoms. The van der Waals surface area contributed by atoms with Gasteiger partial charge in [-0.15, -0.1) is 0 Å². The van der Waals surface area contributed by atoms with E-state index in [1.54, 1.807) is 13.1 Å². The van der Waals surface area contributed by atoms with Crippen molar-refractivity contribution in [3.63, 3.8) is 0 Å². The minimum absolute atomic E-state index is 0.107. The molecule has 0 aliphatic heterocycles. The number of aryl methyl sites for hydroxylation is 1. The Kier molecular flexibility index (Phi) is 2.76. The predicted molar refractivity (Wildman–Crippen MR) is 45.6 cm³/mol. The average Bonchev–Trinajstić information content (AvgIpc) is 2.11. The van der Waals surface area contributed by atoms with E-state index in [2.05, 4.69) is 4.98 Å². The van der Waals surface area contributed by atoms with Crippen molar-refractivity contribution >= 4 is 5.91 Å². The second-order valence-corrected chi connectivity index (χ2v) is 2.61. The zero-order chi connectivity index (χ0) is 9.84. The van der Waals surface area contributed by atoms with E-state index in [-0.39, 0.29) is 6.54 Å². The number of nitrogens with one attached hydrogen (secondary N) is 1. The lowest BCUT2D eigenvalue weighted by atomic mass is 10.4. The van der Waals surface area contributed by atoms with Crippen LogP contribution in [0.5, 0.6) is 0 Å². The van der Waals surface area contributed by atoms with Crippen LogP contribution in [0, 0.1) is 6.92 Å². The normalized spacial score (nSPS) is 9.69. The Morgan fingerprint density at radius 1 is 1.77 bits per heavy atom. The first-order chi connectivity index (χ1) is 6.13. The number of amides is 1. The number of nitrogens with zero attached hydrogens (tertiary/aromatic N) is 2. The van der Waals surface area contributed by atoms with E-state index < -0.39 is 11.6 Å². The molecule has 1 rings (SSSR count). The van der Waals surface area contributed by atoms with Crippen LogP contribution in [0.3, 0.4) is 0 Å². The van der Waals surface area contributed by atoms with Crippen molar-refractivity contribution in [1.29, 1.82) is 0 Å². The molecule has 1 amide bonds. The fraction of sp³-hybridized carbons (Fsp3) is 0.286. The van der Waals surface area contributed by atoms with E-state index in [0.717, 1.165) is 5.56 Å². The van der Waals surface area contributed by atoms with Crippen molar-refractivity contribution < 1.29 is 4.79 Å². The molecule has 0 atom stereocenters. The number of carbonyl (C=O) groups is 1. The van der Waals surface area contributed by atoms with Crippen LogP contribution < -0.4 is 17.0 Å². The van der Waals surface area contributed by atoms with Gasteiger partial charge < -0.3 is 0 Å². The average molecular weight is 182 g/mol. The molecule has 70 valence electrons. The Morgan fingerprint density at radius 3 is 3.08 bits per heavy atom. The van der Waals surface area contributed by atoms with Gasteiger partial charge in [-0.05, 0) is 12.5 Å². The van der Waals surface area contributed by atoms with E-state index in [9.17, 15) is 9.59 Å². The molecule has 1 aromatic rings. The highest BCUT2D eigenvalue weighted by molar-refractivity contribution is 5.74. The van der Waals surface area contributed by atoms with Gasteiger partial charge in [-0.25, -0.2) is 15.6 Å². The third-order valence-electron chi connectivity index (χ3n) is 1.46. The summed E-state index contributed by atoms with van der Waals surface area (Å²) in [5, 5.41) is 0. The maximum absolute atomic E-state index is 11.1. The van der Waals surface area contributed by atoms with Crippen LogP contribution in [0.4, 0.5) is 0 Å². The van der Waals surface area contributed by atoms with Gasteiger partial charge in [0.1, 0.15) is 6.54 Å². The van der Waals surface area contributed by atoms with Crippen molar-refractivity contribution in [2.45, 2.75) is 13.5 Å². The topological polar surface area (TPSA) is 90.0 Å². The lowest BCUT2D eigenvalue weighted by Gasteiger charge is -2.03. The minimum atomic E-state index is -0.464. The third kappa shape index (κ3) is 2.38. The van der Waals surface area contributed by atoms with Gasteiger partial charge in [-0.1, -0.05) is 0 Å². The highest BCUT2D eigenvalue weighted by Crippen LogP contribution is 1.88. The highest BCUT2D eigenvalue weighted by Gasteiger charge is 2.02. The van der Waals surface area contributed by atoms with Crippen molar-refractivity contribution in [3.05, 3.63) is 28.4 Å². The van der Waals surface area contributed by atoms with E-state index in [1.165, 1.54) is 10.8 Å². The maximum Gasteiger partial charge on any atom is 0.347 e. The van der Waals surface area contributed by atoms with Crippen LogP contribution in [0.25, 0.3) is 0 Å². The second kappa shape index (κ2) is 3.81. The Hall–Kier alpha value is -1.69. The van der Waals surface area contributed by atoms with Gasteiger partial charge in [-0.3, -0.25) is 14.8 Å². The van der Waals surface area contributed by atoms with Crippen LogP contribution in [0.15, 0.2) is 17.2 Å². The summed E-state index contributed by atoms with van der Waals surface area (Å²) in [4.78, 5) is 25.4. The largest absolute Gasteiger partial charge is 0.347 e. The Balaban J connectivity index is 2.94. The van der Waals surface area contributed by atoms with E-state index >= 15 is 0 Å². The molecule has 0 aliphatic carbocycles. The van der Waals surface area contributed by atoms with Gasteiger partial charge in [-0.2, -0.15) is 0 Å². The molecule has 13 heavy (non-hydrogen) atoms. The van der Waals surface area contributed by atoms with Crippen LogP contribution >= 0.6 is 0 Å². The molecular weight excluding hydrogens is 172 g/mol. The predicted octanol–water partition coefficient (Wildman–Crippen LogP) is -1.46. The van der Waals surface area contributed by atoms with E-state index in [4.69, 9.17) is 5.84 Å². The summed E-state index contributed by atoms with van der Waals surface area (Å²) >= 11 is 0. The van der Waals surface area contributed by atoms with Gasteiger partial charge in [0.05, 0.1) is 0 Å². The number of rotatable bonds is 2. The molecule has 0 saturated heterocycles. The molecule has 0 fully saturated rings. The molecule has 0 saturated carbocycles. The van der Waals surface area contributed by atoms with E-state index in [0.29, 0.717) is 0 Å². The smallest absolute Gasteiger partial charge is 0.293 e. The first-order valence-electron chi connectivity index (χ1n) is 3.66. The molecule has 1 aromatic heterocycles. The van der Waals surface area contributed by atoms with Crippen molar-refractivity contribution in [3.8, 4) is 0 Å². The van der Waals surface area contributed by atoms with Crippen molar-refractivity contribution in [2.24, 2.45) is 5.84 Å². The SMILES string of the molecule is Cc1cnc(=O)n(CC(=O)NN)c1.